The molecule has 0 saturated heterocycles. The highest BCUT2D eigenvalue weighted by molar-refractivity contribution is 8.79. The molecule has 1 heterocycles. The van der Waals surface area contributed by atoms with Crippen molar-refractivity contribution in [3.8, 4) is 11.8 Å². The topological polar surface area (TPSA) is 40.5 Å². The molecule has 0 aromatic carbocycles. The third-order valence-corrected chi connectivity index (χ3v) is 3.00. The molecule has 1 aliphatic rings. The van der Waals surface area contributed by atoms with E-state index in [0.29, 0.717) is 0 Å². The summed E-state index contributed by atoms with van der Waals surface area (Å²) in [6.07, 6.45) is 2.84. The summed E-state index contributed by atoms with van der Waals surface area (Å²) in [5, 5.41) is 19.3. The molecule has 12 heavy (non-hydrogen) atoms. The highest BCUT2D eigenvalue weighted by Crippen LogP contribution is 2.33. The van der Waals surface area contributed by atoms with E-state index >= 15 is 0 Å². The van der Waals surface area contributed by atoms with Gasteiger partial charge in [0.05, 0.1) is 11.5 Å². The minimum Gasteiger partial charge on any atom is -0.393 e. The maximum Gasteiger partial charge on any atom is 0.138 e. The number of rotatable bonds is 1. The van der Waals surface area contributed by atoms with E-state index in [9.17, 15) is 0 Å². The van der Waals surface area contributed by atoms with Gasteiger partial charge in [0.1, 0.15) is 6.10 Å². The lowest BCUT2D eigenvalue weighted by molar-refractivity contribution is 0.138. The summed E-state index contributed by atoms with van der Waals surface area (Å²) < 4.78 is 0. The van der Waals surface area contributed by atoms with Crippen molar-refractivity contribution in [2.45, 2.75) is 6.10 Å². The lowest BCUT2D eigenvalue weighted by Gasteiger charge is -1.99. The van der Waals surface area contributed by atoms with E-state index < -0.39 is 6.10 Å². The quantitative estimate of drug-likeness (QED) is 0.492. The van der Waals surface area contributed by atoms with Crippen molar-refractivity contribution in [1.82, 2.24) is 0 Å². The first-order chi connectivity index (χ1) is 5.83. The standard InChI is InChI=1S/C8H8O2S2/c9-6-7(10)3-4-8-2-1-5-11-12-8/h1-2,5,7,9-10H,6H2. The van der Waals surface area contributed by atoms with Crippen LogP contribution in [0, 0.1) is 11.8 Å². The van der Waals surface area contributed by atoms with Crippen LogP contribution in [-0.4, -0.2) is 22.9 Å². The number of aliphatic hydroxyl groups is 2. The summed E-state index contributed by atoms with van der Waals surface area (Å²) in [4.78, 5) is 0.898. The van der Waals surface area contributed by atoms with Crippen molar-refractivity contribution in [3.05, 3.63) is 22.5 Å². The molecule has 0 bridgehead atoms. The Morgan fingerprint density at radius 2 is 2.42 bits per heavy atom. The average molecular weight is 200 g/mol. The van der Waals surface area contributed by atoms with Gasteiger partial charge in [0, 0.05) is 0 Å². The lowest BCUT2D eigenvalue weighted by Crippen LogP contribution is -2.07. The molecule has 2 N–H and O–H groups in total. The predicted octanol–water partition coefficient (Wildman–Crippen LogP) is 1.14. The SMILES string of the molecule is OCC(O)C#CC1=CC=CSS1. The van der Waals surface area contributed by atoms with Gasteiger partial charge in [-0.1, -0.05) is 28.7 Å². The van der Waals surface area contributed by atoms with Gasteiger partial charge in [0.2, 0.25) is 0 Å². The fourth-order valence-corrected chi connectivity index (χ4v) is 2.03. The first-order valence-corrected chi connectivity index (χ1v) is 5.55. The van der Waals surface area contributed by atoms with Crippen molar-refractivity contribution in [2.75, 3.05) is 6.61 Å². The Kier molecular flexibility index (Phi) is 4.33. The minimum atomic E-state index is -0.928. The van der Waals surface area contributed by atoms with Gasteiger partial charge in [-0.2, -0.15) is 0 Å². The molecule has 4 heteroatoms. The third-order valence-electron chi connectivity index (χ3n) is 1.05. The Morgan fingerprint density at radius 1 is 1.58 bits per heavy atom. The molecule has 0 aromatic rings. The second kappa shape index (κ2) is 5.33. The van der Waals surface area contributed by atoms with Crippen LogP contribution in [0.25, 0.3) is 0 Å². The van der Waals surface area contributed by atoms with Crippen molar-refractivity contribution in [2.24, 2.45) is 0 Å². The molecule has 0 aliphatic carbocycles. The number of aliphatic hydroxyl groups excluding tert-OH is 2. The monoisotopic (exact) mass is 200 g/mol. The third kappa shape index (κ3) is 3.37. The number of allylic oxidation sites excluding steroid dienone is 3. The van der Waals surface area contributed by atoms with Gasteiger partial charge < -0.3 is 10.2 Å². The van der Waals surface area contributed by atoms with Gasteiger partial charge in [-0.3, -0.25) is 0 Å². The molecule has 2 nitrogen and oxygen atoms in total. The molecule has 1 rings (SSSR count). The van der Waals surface area contributed by atoms with Crippen LogP contribution in [0.1, 0.15) is 0 Å². The van der Waals surface area contributed by atoms with Gasteiger partial charge in [0.15, 0.2) is 0 Å². The highest BCUT2D eigenvalue weighted by Gasteiger charge is 1.97. The van der Waals surface area contributed by atoms with Crippen LogP contribution >= 0.6 is 21.6 Å². The van der Waals surface area contributed by atoms with E-state index in [1.165, 1.54) is 0 Å². The van der Waals surface area contributed by atoms with Crippen molar-refractivity contribution < 1.29 is 10.2 Å². The maximum absolute atomic E-state index is 8.90. The molecule has 0 amide bonds. The molecule has 64 valence electrons. The van der Waals surface area contributed by atoms with Crippen molar-refractivity contribution in [1.29, 1.82) is 0 Å². The lowest BCUT2D eigenvalue weighted by atomic mass is 10.3. The predicted molar refractivity (Wildman–Crippen MR) is 53.3 cm³/mol. The van der Waals surface area contributed by atoms with Crippen LogP contribution in [0.15, 0.2) is 22.5 Å². The summed E-state index contributed by atoms with van der Waals surface area (Å²) in [6, 6.07) is 0. The molecule has 0 fully saturated rings. The first kappa shape index (κ1) is 9.75. The van der Waals surface area contributed by atoms with Crippen molar-refractivity contribution >= 4 is 21.6 Å². The fraction of sp³-hybridized carbons (Fsp3) is 0.250. The summed E-state index contributed by atoms with van der Waals surface area (Å²) in [5.74, 6) is 5.29. The fourth-order valence-electron chi connectivity index (χ4n) is 0.529. The Labute approximate surface area is 79.1 Å². The largest absolute Gasteiger partial charge is 0.393 e. The zero-order valence-electron chi connectivity index (χ0n) is 6.23. The van der Waals surface area contributed by atoms with Gasteiger partial charge in [0.25, 0.3) is 0 Å². The molecule has 0 spiro atoms. The average Bonchev–Trinajstić information content (AvgIpc) is 2.16. The van der Waals surface area contributed by atoms with Crippen LogP contribution in [0.5, 0.6) is 0 Å². The molecular formula is C8H8O2S2. The Bertz CT molecular complexity index is 260. The zero-order chi connectivity index (χ0) is 8.81. The first-order valence-electron chi connectivity index (χ1n) is 3.33. The van der Waals surface area contributed by atoms with E-state index in [1.807, 2.05) is 17.6 Å². The molecule has 0 radical (unpaired) electrons. The molecule has 1 unspecified atom stereocenters. The second-order valence-electron chi connectivity index (χ2n) is 2.01. The Morgan fingerprint density at radius 3 is 3.00 bits per heavy atom. The minimum absolute atomic E-state index is 0.312. The van der Waals surface area contributed by atoms with E-state index in [2.05, 4.69) is 11.8 Å². The van der Waals surface area contributed by atoms with Gasteiger partial charge in [-0.25, -0.2) is 0 Å². The van der Waals surface area contributed by atoms with Gasteiger partial charge in [-0.05, 0) is 22.3 Å². The molecule has 1 aliphatic heterocycles. The Hall–Kier alpha value is -0.340. The van der Waals surface area contributed by atoms with Crippen LogP contribution in [0.3, 0.4) is 0 Å². The Balaban J connectivity index is 2.52. The van der Waals surface area contributed by atoms with Crippen LogP contribution in [0.4, 0.5) is 0 Å². The van der Waals surface area contributed by atoms with Crippen LogP contribution in [-0.2, 0) is 0 Å². The molecule has 0 saturated carbocycles. The van der Waals surface area contributed by atoms with Crippen molar-refractivity contribution in [3.63, 3.8) is 0 Å². The van der Waals surface area contributed by atoms with Crippen LogP contribution < -0.4 is 0 Å². The zero-order valence-corrected chi connectivity index (χ0v) is 7.86. The van der Waals surface area contributed by atoms with E-state index in [0.717, 1.165) is 4.91 Å². The maximum atomic E-state index is 8.90. The number of hydrogen-bond donors (Lipinski definition) is 2. The highest BCUT2D eigenvalue weighted by atomic mass is 33.1. The molecule has 0 aromatic heterocycles. The summed E-state index contributed by atoms with van der Waals surface area (Å²) >= 11 is 0. The van der Waals surface area contributed by atoms with Crippen LogP contribution in [0.2, 0.25) is 0 Å². The summed E-state index contributed by atoms with van der Waals surface area (Å²) in [7, 11) is 3.12. The normalized spacial score (nSPS) is 17.7. The van der Waals surface area contributed by atoms with Gasteiger partial charge in [-0.15, -0.1) is 0 Å². The molecular weight excluding hydrogens is 192 g/mol. The summed E-state index contributed by atoms with van der Waals surface area (Å²) in [6.45, 7) is -0.312. The van der Waals surface area contributed by atoms with Gasteiger partial charge >= 0.3 is 0 Å². The van der Waals surface area contributed by atoms with E-state index in [1.54, 1.807) is 21.6 Å². The van der Waals surface area contributed by atoms with E-state index in [4.69, 9.17) is 10.2 Å². The smallest absolute Gasteiger partial charge is 0.138 e. The van der Waals surface area contributed by atoms with E-state index in [-0.39, 0.29) is 6.61 Å². The molecule has 1 atom stereocenters. The summed E-state index contributed by atoms with van der Waals surface area (Å²) in [5.41, 5.74) is 0. The number of hydrogen-bond acceptors (Lipinski definition) is 4. The second-order valence-corrected chi connectivity index (χ2v) is 4.16.